The standard InChI is InChI=1S/C19H25BN4O2/c1-4-13-11-14-15(19(2,3)25)12-17(24-7-9-26-10-8-24)22-18(14)20(13)16-5-6-21-23-16/h5-6,11-12,25H,4,7-10H2,1-3H3,(H,21,23). The molecule has 0 saturated carbocycles. The summed E-state index contributed by atoms with van der Waals surface area (Å²) in [5, 5.41) is 18.1. The molecule has 0 spiro atoms. The predicted molar refractivity (Wildman–Crippen MR) is 104 cm³/mol. The zero-order valence-electron chi connectivity index (χ0n) is 15.6. The van der Waals surface area contributed by atoms with E-state index in [9.17, 15) is 5.11 Å². The second-order valence-corrected chi connectivity index (χ2v) is 7.50. The fourth-order valence-corrected chi connectivity index (χ4v) is 3.92. The fraction of sp³-hybridized carbons (Fsp3) is 0.474. The van der Waals surface area contributed by atoms with Crippen LogP contribution in [0, 0.1) is 0 Å². The third-order valence-electron chi connectivity index (χ3n) is 5.28. The Morgan fingerprint density at radius 1 is 1.35 bits per heavy atom. The maximum absolute atomic E-state index is 10.8. The number of morpholine rings is 1. The Hall–Kier alpha value is -2.12. The molecule has 0 bridgehead atoms. The number of aliphatic hydroxyl groups is 1. The number of hydrogen-bond acceptors (Lipinski definition) is 5. The van der Waals surface area contributed by atoms with Crippen molar-refractivity contribution in [3.8, 4) is 0 Å². The molecule has 1 saturated heterocycles. The van der Waals surface area contributed by atoms with Crippen LogP contribution < -0.4 is 16.1 Å². The van der Waals surface area contributed by atoms with Gasteiger partial charge in [0, 0.05) is 30.5 Å². The molecule has 2 N–H and O–H groups in total. The molecule has 0 atom stereocenters. The number of anilines is 1. The average molecular weight is 352 g/mol. The highest BCUT2D eigenvalue weighted by atomic mass is 16.5. The van der Waals surface area contributed by atoms with Crippen LogP contribution in [-0.2, 0) is 10.3 Å². The van der Waals surface area contributed by atoms with Gasteiger partial charge in [-0.15, -0.1) is 0 Å². The lowest BCUT2D eigenvalue weighted by Crippen LogP contribution is -2.47. The molecule has 136 valence electrons. The van der Waals surface area contributed by atoms with E-state index in [1.165, 1.54) is 5.47 Å². The zero-order valence-corrected chi connectivity index (χ0v) is 15.6. The lowest BCUT2D eigenvalue weighted by Gasteiger charge is -2.30. The summed E-state index contributed by atoms with van der Waals surface area (Å²) in [6.07, 6.45) is 4.91. The zero-order chi connectivity index (χ0) is 18.3. The van der Waals surface area contributed by atoms with E-state index in [-0.39, 0.29) is 6.71 Å². The van der Waals surface area contributed by atoms with Gasteiger partial charge in [-0.3, -0.25) is 5.10 Å². The lowest BCUT2D eigenvalue weighted by atomic mass is 9.41. The van der Waals surface area contributed by atoms with Gasteiger partial charge in [-0.25, -0.2) is 4.98 Å². The van der Waals surface area contributed by atoms with Crippen molar-refractivity contribution in [3.05, 3.63) is 34.9 Å². The second kappa shape index (κ2) is 6.56. The van der Waals surface area contributed by atoms with Gasteiger partial charge >= 0.3 is 0 Å². The maximum atomic E-state index is 10.8. The van der Waals surface area contributed by atoms with E-state index in [0.29, 0.717) is 13.2 Å². The number of fused-ring (bicyclic) bond motifs is 1. The summed E-state index contributed by atoms with van der Waals surface area (Å²) in [7, 11) is 0. The quantitative estimate of drug-likeness (QED) is 0.798. The summed E-state index contributed by atoms with van der Waals surface area (Å²) in [5.74, 6) is 0.916. The van der Waals surface area contributed by atoms with E-state index in [2.05, 4.69) is 28.1 Å². The first-order valence-electron chi connectivity index (χ1n) is 9.29. The molecule has 7 heteroatoms. The van der Waals surface area contributed by atoms with Crippen molar-refractivity contribution in [2.24, 2.45) is 0 Å². The minimum Gasteiger partial charge on any atom is -0.386 e. The number of allylic oxidation sites excluding steroid dienone is 1. The van der Waals surface area contributed by atoms with Gasteiger partial charge in [0.1, 0.15) is 5.82 Å². The molecule has 6 nitrogen and oxygen atoms in total. The largest absolute Gasteiger partial charge is 0.386 e. The molecule has 4 rings (SSSR count). The molecule has 2 aromatic rings. The number of nitrogens with zero attached hydrogens (tertiary/aromatic N) is 3. The molecule has 0 aromatic carbocycles. The van der Waals surface area contributed by atoms with Gasteiger partial charge < -0.3 is 14.7 Å². The van der Waals surface area contributed by atoms with Gasteiger partial charge in [0.2, 0.25) is 0 Å². The second-order valence-electron chi connectivity index (χ2n) is 7.50. The molecule has 0 radical (unpaired) electrons. The van der Waals surface area contributed by atoms with Crippen molar-refractivity contribution < 1.29 is 9.84 Å². The fourth-order valence-electron chi connectivity index (χ4n) is 3.92. The number of aromatic nitrogens is 3. The minimum atomic E-state index is -0.938. The summed E-state index contributed by atoms with van der Waals surface area (Å²) in [5.41, 5.74) is 4.38. The minimum absolute atomic E-state index is 0.0691. The third kappa shape index (κ3) is 2.95. The summed E-state index contributed by atoms with van der Waals surface area (Å²) in [4.78, 5) is 7.29. The van der Waals surface area contributed by atoms with Gasteiger partial charge in [-0.05, 0) is 43.5 Å². The van der Waals surface area contributed by atoms with Gasteiger partial charge in [0.15, 0.2) is 0 Å². The van der Waals surface area contributed by atoms with Gasteiger partial charge in [0.05, 0.1) is 18.8 Å². The number of H-pyrrole nitrogens is 1. The number of aromatic amines is 1. The van der Waals surface area contributed by atoms with Crippen molar-refractivity contribution in [2.75, 3.05) is 31.2 Å². The molecule has 4 heterocycles. The van der Waals surface area contributed by atoms with Crippen LogP contribution in [0.2, 0.25) is 0 Å². The predicted octanol–water partition coefficient (Wildman–Crippen LogP) is 0.824. The maximum Gasteiger partial charge on any atom is 0.284 e. The van der Waals surface area contributed by atoms with Crippen molar-refractivity contribution in [3.63, 3.8) is 0 Å². The van der Waals surface area contributed by atoms with E-state index in [1.54, 1.807) is 6.20 Å². The lowest BCUT2D eigenvalue weighted by molar-refractivity contribution is 0.0784. The number of pyridine rings is 1. The first-order valence-corrected chi connectivity index (χ1v) is 9.29. The summed E-state index contributed by atoms with van der Waals surface area (Å²) < 4.78 is 5.48. The Morgan fingerprint density at radius 3 is 2.73 bits per heavy atom. The van der Waals surface area contributed by atoms with Crippen LogP contribution in [0.5, 0.6) is 0 Å². The monoisotopic (exact) mass is 352 g/mol. The van der Waals surface area contributed by atoms with E-state index in [4.69, 9.17) is 9.72 Å². The smallest absolute Gasteiger partial charge is 0.284 e. The number of hydrogen-bond donors (Lipinski definition) is 2. The van der Waals surface area contributed by atoms with E-state index >= 15 is 0 Å². The van der Waals surface area contributed by atoms with Crippen LogP contribution >= 0.6 is 0 Å². The highest BCUT2D eigenvalue weighted by molar-refractivity contribution is 6.92. The van der Waals surface area contributed by atoms with Gasteiger partial charge in [-0.2, -0.15) is 5.10 Å². The average Bonchev–Trinajstić information content (AvgIpc) is 3.27. The Morgan fingerprint density at radius 2 is 2.12 bits per heavy atom. The Labute approximate surface area is 154 Å². The van der Waals surface area contributed by atoms with Crippen molar-refractivity contribution >= 4 is 29.8 Å². The van der Waals surface area contributed by atoms with Gasteiger partial charge in [0.25, 0.3) is 6.71 Å². The number of rotatable bonds is 4. The van der Waals surface area contributed by atoms with E-state index in [0.717, 1.165) is 47.6 Å². The van der Waals surface area contributed by atoms with E-state index in [1.807, 2.05) is 26.0 Å². The van der Waals surface area contributed by atoms with Crippen LogP contribution in [0.15, 0.2) is 23.8 Å². The topological polar surface area (TPSA) is 74.3 Å². The van der Waals surface area contributed by atoms with Crippen LogP contribution in [-0.4, -0.2) is 53.3 Å². The molecule has 2 aliphatic rings. The molecule has 1 fully saturated rings. The molecular weight excluding hydrogens is 327 g/mol. The first kappa shape index (κ1) is 17.3. The normalized spacial score (nSPS) is 17.5. The van der Waals surface area contributed by atoms with E-state index < -0.39 is 5.60 Å². The molecule has 2 aliphatic heterocycles. The molecular formula is C19H25BN4O2. The van der Waals surface area contributed by atoms with Gasteiger partial charge in [-0.1, -0.05) is 18.5 Å². The Bertz CT molecular complexity index is 821. The molecule has 26 heavy (non-hydrogen) atoms. The van der Waals surface area contributed by atoms with Crippen LogP contribution in [0.1, 0.15) is 38.3 Å². The summed E-state index contributed by atoms with van der Waals surface area (Å²) >= 11 is 0. The van der Waals surface area contributed by atoms with Crippen molar-refractivity contribution in [1.82, 2.24) is 15.2 Å². The highest BCUT2D eigenvalue weighted by Crippen LogP contribution is 2.32. The molecule has 0 unspecified atom stereocenters. The molecule has 2 aromatic heterocycles. The van der Waals surface area contributed by atoms with Crippen LogP contribution in [0.3, 0.4) is 0 Å². The summed E-state index contributed by atoms with van der Waals surface area (Å²) in [6.45, 7) is 8.97. The van der Waals surface area contributed by atoms with Crippen LogP contribution in [0.25, 0.3) is 6.08 Å². The first-order chi connectivity index (χ1) is 12.5. The van der Waals surface area contributed by atoms with Crippen molar-refractivity contribution in [1.29, 1.82) is 0 Å². The highest BCUT2D eigenvalue weighted by Gasteiger charge is 2.37. The Balaban J connectivity index is 1.88. The summed E-state index contributed by atoms with van der Waals surface area (Å²) in [6, 6.07) is 4.05. The molecule has 0 aliphatic carbocycles. The van der Waals surface area contributed by atoms with Crippen molar-refractivity contribution in [2.45, 2.75) is 32.8 Å². The van der Waals surface area contributed by atoms with Crippen LogP contribution in [0.4, 0.5) is 5.82 Å². The number of nitrogens with one attached hydrogen (secondary N) is 1. The SMILES string of the molecule is CCC1=Cc2c(C(C)(C)O)cc(N3CCOCC3)nc2B1c1ccn[nH]1. The molecule has 0 amide bonds. The Kier molecular flexibility index (Phi) is 4.36. The number of ether oxygens (including phenoxy) is 1. The third-order valence-corrected chi connectivity index (χ3v) is 5.28.